The van der Waals surface area contributed by atoms with Gasteiger partial charge in [-0.15, -0.1) is 6.42 Å². The van der Waals surface area contributed by atoms with Crippen molar-refractivity contribution in [2.75, 3.05) is 25.5 Å². The minimum absolute atomic E-state index is 0.0310. The van der Waals surface area contributed by atoms with Crippen LogP contribution in [-0.2, 0) is 14.8 Å². The first-order chi connectivity index (χ1) is 7.47. The second-order valence-corrected chi connectivity index (χ2v) is 6.46. The van der Waals surface area contributed by atoms with E-state index in [1.807, 2.05) is 0 Å². The Kier molecular flexibility index (Phi) is 4.78. The van der Waals surface area contributed by atoms with Crippen molar-refractivity contribution in [2.45, 2.75) is 26.3 Å². The molecule has 0 saturated carbocycles. The molecule has 4 nitrogen and oxygen atoms in total. The van der Waals surface area contributed by atoms with Crippen molar-refractivity contribution in [3.05, 3.63) is 0 Å². The van der Waals surface area contributed by atoms with E-state index in [1.54, 1.807) is 0 Å². The zero-order valence-electron chi connectivity index (χ0n) is 9.85. The zero-order valence-corrected chi connectivity index (χ0v) is 10.7. The molecule has 0 aromatic rings. The molecule has 0 unspecified atom stereocenters. The van der Waals surface area contributed by atoms with Gasteiger partial charge in [0.05, 0.1) is 25.5 Å². The molecule has 1 atom stereocenters. The monoisotopic (exact) mass is 245 g/mol. The van der Waals surface area contributed by atoms with Crippen LogP contribution in [0, 0.1) is 18.3 Å². The van der Waals surface area contributed by atoms with Gasteiger partial charge in [-0.3, -0.25) is 0 Å². The molecule has 1 aliphatic heterocycles. The van der Waals surface area contributed by atoms with E-state index in [9.17, 15) is 8.42 Å². The van der Waals surface area contributed by atoms with Crippen LogP contribution in [0.5, 0.6) is 0 Å². The van der Waals surface area contributed by atoms with E-state index in [2.05, 4.69) is 19.8 Å². The summed E-state index contributed by atoms with van der Waals surface area (Å²) in [5.74, 6) is 2.86. The van der Waals surface area contributed by atoms with Crippen LogP contribution in [0.25, 0.3) is 0 Å². The van der Waals surface area contributed by atoms with E-state index >= 15 is 0 Å². The molecule has 0 N–H and O–H groups in total. The first kappa shape index (κ1) is 13.5. The van der Waals surface area contributed by atoms with Gasteiger partial charge in [0.1, 0.15) is 0 Å². The van der Waals surface area contributed by atoms with Gasteiger partial charge in [0, 0.05) is 6.04 Å². The van der Waals surface area contributed by atoms with Crippen LogP contribution in [0.2, 0.25) is 0 Å². The summed E-state index contributed by atoms with van der Waals surface area (Å²) in [4.78, 5) is 0. The maximum atomic E-state index is 11.9. The molecular weight excluding hydrogens is 226 g/mol. The van der Waals surface area contributed by atoms with Gasteiger partial charge in [-0.25, -0.2) is 8.42 Å². The first-order valence-electron chi connectivity index (χ1n) is 5.48. The molecule has 0 bridgehead atoms. The predicted molar refractivity (Wildman–Crippen MR) is 63.4 cm³/mol. The minimum Gasteiger partial charge on any atom is -0.379 e. The standard InChI is InChI=1S/C11H19NO3S/c1-4-5-12-11(8-10(2)3)9-15-6-7-16(12,13)14/h1,10-11H,5-9H2,2-3H3/t11-/m0/s1. The lowest BCUT2D eigenvalue weighted by molar-refractivity contribution is 0.105. The van der Waals surface area contributed by atoms with Gasteiger partial charge < -0.3 is 4.74 Å². The third-order valence-electron chi connectivity index (χ3n) is 2.55. The Hall–Kier alpha value is -0.570. The lowest BCUT2D eigenvalue weighted by Gasteiger charge is -2.27. The Bertz CT molecular complexity index is 356. The van der Waals surface area contributed by atoms with Gasteiger partial charge in [-0.05, 0) is 12.3 Å². The van der Waals surface area contributed by atoms with Crippen LogP contribution >= 0.6 is 0 Å². The Balaban J connectivity index is 2.89. The van der Waals surface area contributed by atoms with E-state index in [0.29, 0.717) is 12.5 Å². The van der Waals surface area contributed by atoms with Crippen molar-refractivity contribution >= 4 is 10.0 Å². The summed E-state index contributed by atoms with van der Waals surface area (Å²) in [5, 5.41) is 0. The van der Waals surface area contributed by atoms with Crippen LogP contribution in [-0.4, -0.2) is 44.3 Å². The van der Waals surface area contributed by atoms with Crippen LogP contribution < -0.4 is 0 Å². The molecule has 1 fully saturated rings. The summed E-state index contributed by atoms with van der Waals surface area (Å²) < 4.78 is 30.6. The molecular formula is C11H19NO3S. The lowest BCUT2D eigenvalue weighted by atomic mass is 10.0. The average Bonchev–Trinajstić information content (AvgIpc) is 2.29. The van der Waals surface area contributed by atoms with Gasteiger partial charge in [0.15, 0.2) is 0 Å². The number of nitrogens with zero attached hydrogens (tertiary/aromatic N) is 1. The van der Waals surface area contributed by atoms with E-state index in [0.717, 1.165) is 6.42 Å². The van der Waals surface area contributed by atoms with Crippen molar-refractivity contribution in [1.82, 2.24) is 4.31 Å². The van der Waals surface area contributed by atoms with Crippen LogP contribution in [0.1, 0.15) is 20.3 Å². The molecule has 1 rings (SSSR count). The summed E-state index contributed by atoms with van der Waals surface area (Å²) in [6, 6.07) is -0.122. The summed E-state index contributed by atoms with van der Waals surface area (Å²) >= 11 is 0. The number of hydrogen-bond acceptors (Lipinski definition) is 3. The van der Waals surface area contributed by atoms with Crippen LogP contribution in [0.15, 0.2) is 0 Å². The molecule has 0 radical (unpaired) electrons. The Morgan fingerprint density at radius 1 is 1.56 bits per heavy atom. The highest BCUT2D eigenvalue weighted by atomic mass is 32.2. The molecule has 0 aromatic carbocycles. The predicted octanol–water partition coefficient (Wildman–Crippen LogP) is 0.696. The fourth-order valence-electron chi connectivity index (χ4n) is 1.86. The topological polar surface area (TPSA) is 46.6 Å². The quantitative estimate of drug-likeness (QED) is 0.688. The number of sulfonamides is 1. The first-order valence-corrected chi connectivity index (χ1v) is 7.09. The molecule has 0 aliphatic carbocycles. The Morgan fingerprint density at radius 2 is 2.25 bits per heavy atom. The molecule has 1 saturated heterocycles. The number of terminal acetylenes is 1. The maximum absolute atomic E-state index is 11.9. The summed E-state index contributed by atoms with van der Waals surface area (Å²) in [6.07, 6.45) is 6.01. The van der Waals surface area contributed by atoms with Gasteiger partial charge in [-0.1, -0.05) is 19.8 Å². The molecule has 0 aromatic heterocycles. The van der Waals surface area contributed by atoms with E-state index in [4.69, 9.17) is 11.2 Å². The third kappa shape index (κ3) is 3.48. The number of rotatable bonds is 3. The Labute approximate surface area is 98.0 Å². The fraction of sp³-hybridized carbons (Fsp3) is 0.818. The normalized spacial score (nSPS) is 26.2. The van der Waals surface area contributed by atoms with E-state index in [1.165, 1.54) is 4.31 Å². The van der Waals surface area contributed by atoms with Crippen molar-refractivity contribution in [3.63, 3.8) is 0 Å². The summed E-state index contributed by atoms with van der Waals surface area (Å²) in [6.45, 7) is 4.97. The van der Waals surface area contributed by atoms with E-state index < -0.39 is 10.0 Å². The molecule has 1 aliphatic rings. The Morgan fingerprint density at radius 3 is 2.81 bits per heavy atom. The molecule has 16 heavy (non-hydrogen) atoms. The highest BCUT2D eigenvalue weighted by molar-refractivity contribution is 7.89. The molecule has 1 heterocycles. The maximum Gasteiger partial charge on any atom is 0.217 e. The van der Waals surface area contributed by atoms with Crippen molar-refractivity contribution in [1.29, 1.82) is 0 Å². The molecule has 92 valence electrons. The smallest absolute Gasteiger partial charge is 0.217 e. The van der Waals surface area contributed by atoms with Gasteiger partial charge in [0.2, 0.25) is 10.0 Å². The van der Waals surface area contributed by atoms with Gasteiger partial charge in [0.25, 0.3) is 0 Å². The lowest BCUT2D eigenvalue weighted by Crippen LogP contribution is -2.42. The second kappa shape index (κ2) is 5.67. The van der Waals surface area contributed by atoms with Crippen molar-refractivity contribution < 1.29 is 13.2 Å². The molecule has 0 spiro atoms. The fourth-order valence-corrected chi connectivity index (χ4v) is 3.29. The molecule has 5 heteroatoms. The van der Waals surface area contributed by atoms with Crippen LogP contribution in [0.3, 0.4) is 0 Å². The summed E-state index contributed by atoms with van der Waals surface area (Å²) in [5.41, 5.74) is 0. The average molecular weight is 245 g/mol. The van der Waals surface area contributed by atoms with Gasteiger partial charge >= 0.3 is 0 Å². The van der Waals surface area contributed by atoms with Crippen molar-refractivity contribution in [3.8, 4) is 12.3 Å². The number of hydrogen-bond donors (Lipinski definition) is 0. The largest absolute Gasteiger partial charge is 0.379 e. The zero-order chi connectivity index (χ0) is 12.2. The SMILES string of the molecule is C#CCN1[C@@H](CC(C)C)COCCS1(=O)=O. The molecule has 0 amide bonds. The second-order valence-electron chi connectivity index (χ2n) is 4.42. The highest BCUT2D eigenvalue weighted by Crippen LogP contribution is 2.18. The minimum atomic E-state index is -3.25. The van der Waals surface area contributed by atoms with Crippen LogP contribution in [0.4, 0.5) is 0 Å². The van der Waals surface area contributed by atoms with E-state index in [-0.39, 0.29) is 24.9 Å². The van der Waals surface area contributed by atoms with Gasteiger partial charge in [-0.2, -0.15) is 4.31 Å². The number of ether oxygens (including phenoxy) is 1. The highest BCUT2D eigenvalue weighted by Gasteiger charge is 2.32. The van der Waals surface area contributed by atoms with Crippen molar-refractivity contribution in [2.24, 2.45) is 5.92 Å². The third-order valence-corrected chi connectivity index (χ3v) is 4.38. The summed E-state index contributed by atoms with van der Waals surface area (Å²) in [7, 11) is -3.25.